The Balaban J connectivity index is 1.74. The lowest BCUT2D eigenvalue weighted by Gasteiger charge is -2.07. The average Bonchev–Trinajstić information content (AvgIpc) is 3.33. The average molecular weight is 366 g/mol. The molecule has 0 spiro atoms. The van der Waals surface area contributed by atoms with Crippen LogP contribution < -0.4 is 0 Å². The van der Waals surface area contributed by atoms with Gasteiger partial charge < -0.3 is 9.47 Å². The van der Waals surface area contributed by atoms with Crippen molar-refractivity contribution in [2.45, 2.75) is 13.5 Å². The molecule has 0 saturated heterocycles. The Morgan fingerprint density at radius 1 is 1.27 bits per heavy atom. The van der Waals surface area contributed by atoms with Crippen LogP contribution in [0, 0.1) is 6.92 Å². The Kier molecular flexibility index (Phi) is 4.04. The first-order valence-electron chi connectivity index (χ1n) is 8.15. The first-order valence-corrected chi connectivity index (χ1v) is 9.03. The fourth-order valence-corrected chi connectivity index (χ4v) is 3.42. The molecule has 4 heterocycles. The highest BCUT2D eigenvalue weighted by atomic mass is 32.1. The van der Waals surface area contributed by atoms with Gasteiger partial charge in [-0.05, 0) is 19.1 Å². The third-order valence-electron chi connectivity index (χ3n) is 4.03. The third-order valence-corrected chi connectivity index (χ3v) is 4.85. The molecule has 0 aliphatic heterocycles. The fourth-order valence-electron chi connectivity index (χ4n) is 2.82. The topological polar surface area (TPSA) is 68.3 Å². The summed E-state index contributed by atoms with van der Waals surface area (Å²) in [7, 11) is 3.45. The number of fused-ring (bicyclic) bond motifs is 1. The van der Waals surface area contributed by atoms with Crippen molar-refractivity contribution in [3.8, 4) is 11.5 Å². The van der Waals surface area contributed by atoms with E-state index in [1.165, 1.54) is 4.90 Å². The Morgan fingerprint density at radius 3 is 2.85 bits per heavy atom. The van der Waals surface area contributed by atoms with Crippen molar-refractivity contribution in [3.63, 3.8) is 0 Å². The summed E-state index contributed by atoms with van der Waals surface area (Å²) in [6.07, 6.45) is 5.59. The van der Waals surface area contributed by atoms with Crippen molar-refractivity contribution in [1.82, 2.24) is 28.8 Å². The van der Waals surface area contributed by atoms with E-state index >= 15 is 0 Å². The number of nitrogens with zero attached hydrogens (tertiary/aromatic N) is 6. The van der Waals surface area contributed by atoms with E-state index in [4.69, 9.17) is 0 Å². The van der Waals surface area contributed by atoms with Gasteiger partial charge in [-0.25, -0.2) is 15.0 Å². The second kappa shape index (κ2) is 6.38. The molecule has 0 atom stereocenters. The van der Waals surface area contributed by atoms with E-state index in [9.17, 15) is 4.79 Å². The summed E-state index contributed by atoms with van der Waals surface area (Å²) in [5.41, 5.74) is 2.92. The minimum absolute atomic E-state index is 0.127. The predicted octanol–water partition coefficient (Wildman–Crippen LogP) is 2.71. The van der Waals surface area contributed by atoms with E-state index in [2.05, 4.69) is 15.0 Å². The van der Waals surface area contributed by atoms with Crippen LogP contribution in [0.3, 0.4) is 0 Å². The molecule has 8 heteroatoms. The maximum absolute atomic E-state index is 12.5. The molecule has 0 radical (unpaired) electrons. The molecule has 0 unspecified atom stereocenters. The zero-order valence-corrected chi connectivity index (χ0v) is 15.6. The molecule has 0 saturated carbocycles. The van der Waals surface area contributed by atoms with Crippen LogP contribution in [-0.4, -0.2) is 48.8 Å². The first kappa shape index (κ1) is 16.5. The standard InChI is InChI=1S/C18H18N6OS/c1-12-20-13(10-26-12)8-23-9-14(19-11-23)17-21-16(18(25)22(2)3)15-6-4-5-7-24(15)17/h4-7,9-11H,8H2,1-3H3. The summed E-state index contributed by atoms with van der Waals surface area (Å²) < 4.78 is 3.87. The molecule has 4 rings (SSSR count). The fraction of sp³-hybridized carbons (Fsp3) is 0.222. The molecule has 0 bridgehead atoms. The zero-order chi connectivity index (χ0) is 18.3. The highest BCUT2D eigenvalue weighted by molar-refractivity contribution is 7.09. The molecule has 26 heavy (non-hydrogen) atoms. The van der Waals surface area contributed by atoms with Gasteiger partial charge in [0.2, 0.25) is 0 Å². The zero-order valence-electron chi connectivity index (χ0n) is 14.7. The number of thiazole rings is 1. The molecule has 0 fully saturated rings. The van der Waals surface area contributed by atoms with Crippen LogP contribution in [0.4, 0.5) is 0 Å². The van der Waals surface area contributed by atoms with Gasteiger partial charge in [0.25, 0.3) is 5.91 Å². The summed E-state index contributed by atoms with van der Waals surface area (Å²) >= 11 is 1.63. The number of carbonyl (C=O) groups excluding carboxylic acids is 1. The maximum atomic E-state index is 12.5. The van der Waals surface area contributed by atoms with Crippen LogP contribution in [-0.2, 0) is 6.54 Å². The van der Waals surface area contributed by atoms with Crippen molar-refractivity contribution in [2.75, 3.05) is 14.1 Å². The van der Waals surface area contributed by atoms with E-state index in [1.54, 1.807) is 31.8 Å². The highest BCUT2D eigenvalue weighted by Crippen LogP contribution is 2.22. The van der Waals surface area contributed by atoms with Gasteiger partial charge in [0.1, 0.15) is 5.69 Å². The smallest absolute Gasteiger partial charge is 0.274 e. The molecule has 132 valence electrons. The van der Waals surface area contributed by atoms with Gasteiger partial charge in [-0.2, -0.15) is 0 Å². The van der Waals surface area contributed by atoms with E-state index in [-0.39, 0.29) is 5.91 Å². The summed E-state index contributed by atoms with van der Waals surface area (Å²) in [4.78, 5) is 27.6. The van der Waals surface area contributed by atoms with Gasteiger partial charge in [-0.15, -0.1) is 11.3 Å². The van der Waals surface area contributed by atoms with E-state index in [0.29, 0.717) is 18.1 Å². The molecule has 4 aromatic heterocycles. The SMILES string of the molecule is Cc1nc(Cn2cnc(-c3nc(C(=O)N(C)C)c4ccccn34)c2)cs1. The quantitative estimate of drug-likeness (QED) is 0.557. The Morgan fingerprint density at radius 2 is 2.12 bits per heavy atom. The number of rotatable bonds is 4. The molecular formula is C18H18N6OS. The molecule has 0 aliphatic rings. The van der Waals surface area contributed by atoms with Gasteiger partial charge in [0, 0.05) is 31.9 Å². The Bertz CT molecular complexity index is 1090. The summed E-state index contributed by atoms with van der Waals surface area (Å²) in [6, 6.07) is 5.70. The number of imidazole rings is 2. The van der Waals surface area contributed by atoms with Crippen molar-refractivity contribution in [3.05, 3.63) is 58.7 Å². The highest BCUT2D eigenvalue weighted by Gasteiger charge is 2.20. The molecular weight excluding hydrogens is 348 g/mol. The van der Waals surface area contributed by atoms with Gasteiger partial charge in [-0.1, -0.05) is 6.07 Å². The van der Waals surface area contributed by atoms with Crippen molar-refractivity contribution in [1.29, 1.82) is 0 Å². The normalized spacial score (nSPS) is 11.2. The number of aryl methyl sites for hydroxylation is 1. The van der Waals surface area contributed by atoms with Crippen molar-refractivity contribution >= 4 is 22.8 Å². The second-order valence-corrected chi connectivity index (χ2v) is 7.29. The molecule has 7 nitrogen and oxygen atoms in total. The lowest BCUT2D eigenvalue weighted by molar-refractivity contribution is 0.0824. The van der Waals surface area contributed by atoms with Gasteiger partial charge in [0.15, 0.2) is 11.5 Å². The van der Waals surface area contributed by atoms with Crippen LogP contribution in [0.15, 0.2) is 42.3 Å². The lowest BCUT2D eigenvalue weighted by Crippen LogP contribution is -2.22. The van der Waals surface area contributed by atoms with Crippen molar-refractivity contribution in [2.24, 2.45) is 0 Å². The maximum Gasteiger partial charge on any atom is 0.274 e. The minimum Gasteiger partial charge on any atom is -0.343 e. The lowest BCUT2D eigenvalue weighted by atomic mass is 10.3. The van der Waals surface area contributed by atoms with Gasteiger partial charge in [0.05, 0.1) is 29.1 Å². The molecule has 0 aromatic carbocycles. The number of hydrogen-bond acceptors (Lipinski definition) is 5. The number of hydrogen-bond donors (Lipinski definition) is 0. The monoisotopic (exact) mass is 366 g/mol. The van der Waals surface area contributed by atoms with Crippen molar-refractivity contribution < 1.29 is 4.79 Å². The largest absolute Gasteiger partial charge is 0.343 e. The summed E-state index contributed by atoms with van der Waals surface area (Å²) in [5.74, 6) is 0.524. The predicted molar refractivity (Wildman–Crippen MR) is 100 cm³/mol. The Hall–Kier alpha value is -3.00. The second-order valence-electron chi connectivity index (χ2n) is 6.23. The van der Waals surface area contributed by atoms with E-state index < -0.39 is 0 Å². The Labute approximate surface area is 154 Å². The van der Waals surface area contributed by atoms with Crippen LogP contribution in [0.25, 0.3) is 17.0 Å². The summed E-state index contributed by atoms with van der Waals surface area (Å²) in [5, 5.41) is 3.10. The first-order chi connectivity index (χ1) is 12.5. The molecule has 1 amide bonds. The molecule has 0 aliphatic carbocycles. The number of carbonyl (C=O) groups is 1. The molecule has 0 N–H and O–H groups in total. The summed E-state index contributed by atoms with van der Waals surface area (Å²) in [6.45, 7) is 2.65. The number of aromatic nitrogens is 5. The van der Waals surface area contributed by atoms with Crippen LogP contribution >= 0.6 is 11.3 Å². The van der Waals surface area contributed by atoms with Crippen LogP contribution in [0.2, 0.25) is 0 Å². The third kappa shape index (κ3) is 2.88. The minimum atomic E-state index is -0.127. The van der Waals surface area contributed by atoms with E-state index in [1.807, 2.05) is 51.9 Å². The van der Waals surface area contributed by atoms with Crippen LogP contribution in [0.1, 0.15) is 21.2 Å². The van der Waals surface area contributed by atoms with E-state index in [0.717, 1.165) is 21.9 Å². The van der Waals surface area contributed by atoms with Gasteiger partial charge in [-0.3, -0.25) is 9.20 Å². The number of pyridine rings is 1. The van der Waals surface area contributed by atoms with Crippen LogP contribution in [0.5, 0.6) is 0 Å². The molecule has 4 aromatic rings. The van der Waals surface area contributed by atoms with Gasteiger partial charge >= 0.3 is 0 Å². The number of amides is 1.